The van der Waals surface area contributed by atoms with E-state index in [1.165, 1.54) is 0 Å². The highest BCUT2D eigenvalue weighted by atomic mass is 35.5. The molecule has 15 heavy (non-hydrogen) atoms. The van der Waals surface area contributed by atoms with Crippen LogP contribution in [0.1, 0.15) is 11.1 Å². The lowest BCUT2D eigenvalue weighted by molar-refractivity contribution is -0.123. The van der Waals surface area contributed by atoms with Crippen LogP contribution in [0, 0.1) is 6.92 Å². The summed E-state index contributed by atoms with van der Waals surface area (Å²) >= 11 is 11.8. The number of ether oxygens (including phenoxy) is 1. The molecule has 0 radical (unpaired) electrons. The summed E-state index contributed by atoms with van der Waals surface area (Å²) in [4.78, 5) is 11.3. The quantitative estimate of drug-likeness (QED) is 0.640. The van der Waals surface area contributed by atoms with E-state index in [1.54, 1.807) is 12.1 Å². The van der Waals surface area contributed by atoms with Crippen LogP contribution in [0.3, 0.4) is 0 Å². The van der Waals surface area contributed by atoms with Crippen LogP contribution in [0.25, 0.3) is 0 Å². The Labute approximate surface area is 97.1 Å². The molecule has 3 nitrogen and oxygen atoms in total. The number of epoxide rings is 1. The molecule has 2 unspecified atom stereocenters. The number of carbonyl (C=O) groups is 1. The maximum Gasteiger partial charge on any atom is 0.258 e. The minimum atomic E-state index is -1.24. The number of carbonyl (C=O) groups excluding carboxylic acids is 1. The van der Waals surface area contributed by atoms with Gasteiger partial charge in [0.1, 0.15) is 0 Å². The lowest BCUT2D eigenvalue weighted by Crippen LogP contribution is -2.31. The highest BCUT2D eigenvalue weighted by molar-refractivity contribution is 6.32. The zero-order chi connectivity index (χ0) is 11.2. The number of nitrogens with two attached hydrogens (primary N) is 1. The number of benzene rings is 1. The van der Waals surface area contributed by atoms with Crippen molar-refractivity contribution in [2.24, 2.45) is 5.73 Å². The topological polar surface area (TPSA) is 55.6 Å². The number of halogens is 2. The van der Waals surface area contributed by atoms with Gasteiger partial charge in [0.25, 0.3) is 5.91 Å². The third kappa shape index (κ3) is 1.51. The summed E-state index contributed by atoms with van der Waals surface area (Å²) in [7, 11) is 0. The molecule has 5 heteroatoms. The van der Waals surface area contributed by atoms with Crippen LogP contribution in [0.4, 0.5) is 0 Å². The molecule has 1 aliphatic rings. The first-order valence-corrected chi connectivity index (χ1v) is 5.18. The maximum atomic E-state index is 11.3. The first-order chi connectivity index (χ1) is 6.98. The maximum absolute atomic E-state index is 11.3. The van der Waals surface area contributed by atoms with Crippen LogP contribution >= 0.6 is 23.2 Å². The molecule has 0 aromatic heterocycles. The smallest absolute Gasteiger partial charge is 0.258 e. The first kappa shape index (κ1) is 10.7. The molecule has 80 valence electrons. The van der Waals surface area contributed by atoms with Gasteiger partial charge >= 0.3 is 0 Å². The Morgan fingerprint density at radius 3 is 2.60 bits per heavy atom. The van der Waals surface area contributed by atoms with E-state index in [0.717, 1.165) is 5.56 Å². The van der Waals surface area contributed by atoms with Gasteiger partial charge in [-0.1, -0.05) is 35.3 Å². The third-order valence-electron chi connectivity index (χ3n) is 2.44. The van der Waals surface area contributed by atoms with Crippen LogP contribution in [-0.2, 0) is 15.1 Å². The fourth-order valence-electron chi connectivity index (χ4n) is 1.54. The van der Waals surface area contributed by atoms with Crippen molar-refractivity contribution in [3.05, 3.63) is 34.3 Å². The molecule has 0 bridgehead atoms. The summed E-state index contributed by atoms with van der Waals surface area (Å²) in [6.45, 7) is 1.90. The number of aryl methyl sites for hydroxylation is 1. The normalized spacial score (nSPS) is 28.9. The minimum Gasteiger partial charge on any atom is -0.367 e. The van der Waals surface area contributed by atoms with E-state index in [0.29, 0.717) is 10.6 Å². The monoisotopic (exact) mass is 245 g/mol. The second-order valence-electron chi connectivity index (χ2n) is 3.52. The number of primary amides is 1. The number of hydrogen-bond acceptors (Lipinski definition) is 2. The summed E-state index contributed by atoms with van der Waals surface area (Å²) in [6, 6.07) is 5.29. The molecule has 2 atom stereocenters. The second-order valence-corrected chi connectivity index (χ2v) is 4.32. The molecule has 1 aromatic carbocycles. The number of alkyl halides is 1. The number of rotatable bonds is 2. The lowest BCUT2D eigenvalue weighted by Gasteiger charge is -2.10. The van der Waals surface area contributed by atoms with Gasteiger partial charge in [0.05, 0.1) is 0 Å². The number of amides is 1. The van der Waals surface area contributed by atoms with Crippen molar-refractivity contribution in [3.63, 3.8) is 0 Å². The van der Waals surface area contributed by atoms with E-state index in [1.807, 2.05) is 13.0 Å². The molecule has 0 spiro atoms. The van der Waals surface area contributed by atoms with Gasteiger partial charge in [0, 0.05) is 10.6 Å². The van der Waals surface area contributed by atoms with E-state index in [9.17, 15) is 4.79 Å². The minimum absolute atomic E-state index is 0.442. The summed E-state index contributed by atoms with van der Waals surface area (Å²) in [5.41, 5.74) is 4.81. The molecular formula is C10H9Cl2NO2. The van der Waals surface area contributed by atoms with Crippen molar-refractivity contribution >= 4 is 29.1 Å². The molecule has 1 saturated heterocycles. The van der Waals surface area contributed by atoms with E-state index in [-0.39, 0.29) is 0 Å². The van der Waals surface area contributed by atoms with E-state index < -0.39 is 17.1 Å². The fraction of sp³-hybridized carbons (Fsp3) is 0.300. The Morgan fingerprint density at radius 1 is 1.60 bits per heavy atom. The third-order valence-corrected chi connectivity index (χ3v) is 3.15. The fourth-order valence-corrected chi connectivity index (χ4v) is 2.28. The SMILES string of the molecule is Cc1ccc(C2(C(N)=O)OC2Cl)c(Cl)c1. The average Bonchev–Trinajstić information content (AvgIpc) is 2.78. The Morgan fingerprint density at radius 2 is 2.20 bits per heavy atom. The Hall–Kier alpha value is -0.770. The van der Waals surface area contributed by atoms with Gasteiger partial charge in [-0.15, -0.1) is 0 Å². The molecule has 1 amide bonds. The Kier molecular flexibility index (Phi) is 2.41. The molecule has 1 aromatic rings. The van der Waals surface area contributed by atoms with Gasteiger partial charge in [0.2, 0.25) is 5.60 Å². The molecular weight excluding hydrogens is 237 g/mol. The second kappa shape index (κ2) is 3.37. The predicted octanol–water partition coefficient (Wildman–Crippen LogP) is 1.92. The van der Waals surface area contributed by atoms with Gasteiger partial charge < -0.3 is 10.5 Å². The average molecular weight is 246 g/mol. The predicted molar refractivity (Wildman–Crippen MR) is 57.8 cm³/mol. The molecule has 0 aliphatic carbocycles. The molecule has 0 saturated carbocycles. The van der Waals surface area contributed by atoms with Gasteiger partial charge in [-0.3, -0.25) is 4.79 Å². The molecule has 1 heterocycles. The van der Waals surface area contributed by atoms with Crippen LogP contribution in [0.5, 0.6) is 0 Å². The van der Waals surface area contributed by atoms with Gasteiger partial charge in [-0.2, -0.15) is 0 Å². The highest BCUT2D eigenvalue weighted by Gasteiger charge is 2.63. The molecule has 2 N–H and O–H groups in total. The van der Waals surface area contributed by atoms with E-state index in [4.69, 9.17) is 33.7 Å². The zero-order valence-electron chi connectivity index (χ0n) is 7.96. The first-order valence-electron chi connectivity index (χ1n) is 4.37. The van der Waals surface area contributed by atoms with Crippen molar-refractivity contribution < 1.29 is 9.53 Å². The Bertz CT molecular complexity index is 435. The van der Waals surface area contributed by atoms with Crippen LogP contribution in [-0.4, -0.2) is 11.5 Å². The number of hydrogen-bond donors (Lipinski definition) is 1. The van der Waals surface area contributed by atoms with E-state index >= 15 is 0 Å². The van der Waals surface area contributed by atoms with Gasteiger partial charge in [-0.25, -0.2) is 0 Å². The Balaban J connectivity index is 2.50. The molecule has 2 rings (SSSR count). The van der Waals surface area contributed by atoms with Crippen molar-refractivity contribution in [3.8, 4) is 0 Å². The largest absolute Gasteiger partial charge is 0.367 e. The molecule has 1 fully saturated rings. The van der Waals surface area contributed by atoms with Crippen molar-refractivity contribution in [1.82, 2.24) is 0 Å². The van der Waals surface area contributed by atoms with Crippen LogP contribution in [0.2, 0.25) is 5.02 Å². The van der Waals surface area contributed by atoms with Gasteiger partial charge in [-0.05, 0) is 18.6 Å². The lowest BCUT2D eigenvalue weighted by atomic mass is 9.98. The summed E-state index contributed by atoms with van der Waals surface area (Å²) in [5, 5.41) is 0.442. The van der Waals surface area contributed by atoms with Crippen molar-refractivity contribution in [1.29, 1.82) is 0 Å². The van der Waals surface area contributed by atoms with Gasteiger partial charge in [0.15, 0.2) is 5.56 Å². The van der Waals surface area contributed by atoms with Crippen molar-refractivity contribution in [2.75, 3.05) is 0 Å². The summed E-state index contributed by atoms with van der Waals surface area (Å²) < 4.78 is 5.08. The van der Waals surface area contributed by atoms with Crippen molar-refractivity contribution in [2.45, 2.75) is 18.1 Å². The van der Waals surface area contributed by atoms with Crippen LogP contribution in [0.15, 0.2) is 18.2 Å². The highest BCUT2D eigenvalue weighted by Crippen LogP contribution is 2.50. The summed E-state index contributed by atoms with van der Waals surface area (Å²) in [5.74, 6) is -0.617. The van der Waals surface area contributed by atoms with E-state index in [2.05, 4.69) is 0 Å². The standard InChI is InChI=1S/C10H9Cl2NO2/c1-5-2-3-6(7(11)4-5)10(9(13)14)8(12)15-10/h2-4,8H,1H3,(H2,13,14). The molecule has 1 aliphatic heterocycles. The summed E-state index contributed by atoms with van der Waals surface area (Å²) in [6.07, 6.45) is 0. The zero-order valence-corrected chi connectivity index (χ0v) is 9.47. The van der Waals surface area contributed by atoms with Crippen LogP contribution < -0.4 is 5.73 Å².